The minimum absolute atomic E-state index is 0.116. The molecule has 31 heavy (non-hydrogen) atoms. The highest BCUT2D eigenvalue weighted by Crippen LogP contribution is 2.33. The van der Waals surface area contributed by atoms with Crippen LogP contribution in [0.25, 0.3) is 11.2 Å². The van der Waals surface area contributed by atoms with Gasteiger partial charge in [0.05, 0.1) is 11.9 Å². The molecule has 2 amide bonds. The van der Waals surface area contributed by atoms with Crippen LogP contribution in [0.2, 0.25) is 5.28 Å². The number of aromatic nitrogens is 4. The summed E-state index contributed by atoms with van der Waals surface area (Å²) in [5.74, 6) is -0.816. The minimum atomic E-state index is -1.45. The van der Waals surface area contributed by atoms with Gasteiger partial charge in [0.1, 0.15) is 12.2 Å². The number of nitrogens with one attached hydrogen (secondary N) is 3. The number of ether oxygens (including phenoxy) is 1. The normalized spacial score (nSPS) is 23.1. The van der Waals surface area contributed by atoms with Crippen molar-refractivity contribution in [2.24, 2.45) is 0 Å². The lowest BCUT2D eigenvalue weighted by atomic mass is 10.1. The number of hydrogen-bond donors (Lipinski definition) is 5. The largest absolute Gasteiger partial charge is 0.387 e. The second-order valence-electron chi connectivity index (χ2n) is 6.58. The summed E-state index contributed by atoms with van der Waals surface area (Å²) in [6.45, 7) is 2.07. The summed E-state index contributed by atoms with van der Waals surface area (Å²) in [5, 5.41) is 26.5. The third-order valence-corrected chi connectivity index (χ3v) is 5.45. The first-order valence-corrected chi connectivity index (χ1v) is 10.5. The Morgan fingerprint density at radius 1 is 1.32 bits per heavy atom. The maximum atomic E-state index is 12.2. The van der Waals surface area contributed by atoms with Gasteiger partial charge in [0.25, 0.3) is 11.8 Å². The maximum Gasteiger partial charge on any atom is 0.270 e. The Morgan fingerprint density at radius 2 is 2.13 bits per heavy atom. The summed E-state index contributed by atoms with van der Waals surface area (Å²) < 4.78 is 6.93. The Labute approximate surface area is 184 Å². The molecule has 0 bridgehead atoms. The first-order chi connectivity index (χ1) is 14.9. The third kappa shape index (κ3) is 4.05. The molecule has 0 spiro atoms. The van der Waals surface area contributed by atoms with Gasteiger partial charge in [-0.3, -0.25) is 25.0 Å². The number of imidazole rings is 1. The van der Waals surface area contributed by atoms with Gasteiger partial charge in [-0.25, -0.2) is 4.98 Å². The average molecular weight is 468 g/mol. The van der Waals surface area contributed by atoms with Crippen molar-refractivity contribution in [2.75, 3.05) is 12.0 Å². The van der Waals surface area contributed by atoms with Crippen LogP contribution in [0.4, 0.5) is 5.82 Å². The summed E-state index contributed by atoms with van der Waals surface area (Å²) in [6, 6.07) is 1.66. The molecule has 3 aromatic heterocycles. The fraction of sp³-hybridized carbons (Fsp3) is 0.353. The van der Waals surface area contributed by atoms with Crippen molar-refractivity contribution in [3.05, 3.63) is 34.0 Å². The van der Waals surface area contributed by atoms with E-state index in [9.17, 15) is 19.8 Å². The molecule has 5 N–H and O–H groups in total. The molecule has 1 saturated heterocycles. The van der Waals surface area contributed by atoms with Gasteiger partial charge < -0.3 is 20.3 Å². The first-order valence-electron chi connectivity index (χ1n) is 9.18. The molecule has 4 rings (SSSR count). The Balaban J connectivity index is 1.60. The fourth-order valence-corrected chi connectivity index (χ4v) is 3.93. The summed E-state index contributed by atoms with van der Waals surface area (Å²) in [7, 11) is 0. The van der Waals surface area contributed by atoms with Crippen LogP contribution >= 0.6 is 22.9 Å². The highest BCUT2D eigenvalue weighted by molar-refractivity contribution is 7.08. The van der Waals surface area contributed by atoms with Crippen molar-refractivity contribution in [1.29, 1.82) is 0 Å². The zero-order chi connectivity index (χ0) is 22.1. The van der Waals surface area contributed by atoms with E-state index in [2.05, 4.69) is 31.1 Å². The molecule has 1 aliphatic rings. The number of anilines is 1. The fourth-order valence-electron chi connectivity index (χ4n) is 3.13. The molecule has 3 aromatic rings. The zero-order valence-electron chi connectivity index (χ0n) is 16.0. The second-order valence-corrected chi connectivity index (χ2v) is 7.70. The van der Waals surface area contributed by atoms with Crippen molar-refractivity contribution >= 4 is 51.7 Å². The number of amides is 2. The van der Waals surface area contributed by atoms with Crippen molar-refractivity contribution in [3.63, 3.8) is 0 Å². The molecule has 0 aliphatic carbocycles. The number of hydrogen-bond acceptors (Lipinski definition) is 10. The van der Waals surface area contributed by atoms with Crippen molar-refractivity contribution in [3.8, 4) is 0 Å². The lowest BCUT2D eigenvalue weighted by Crippen LogP contribution is -2.42. The summed E-state index contributed by atoms with van der Waals surface area (Å²) in [4.78, 5) is 36.6. The Bertz CT molecular complexity index is 1110. The van der Waals surface area contributed by atoms with Gasteiger partial charge in [0, 0.05) is 11.9 Å². The van der Waals surface area contributed by atoms with Crippen LogP contribution < -0.4 is 16.2 Å². The molecule has 1 aliphatic heterocycles. The standard InChI is InChI=1S/C17H18ClN7O5S/c1-2-19-15(29)11-9(26)10(27)16(30-11)25-6-20-8-12(21-17(18)22-13(8)25)23-24-14(28)7-3-4-31-5-7/h3-6,9-11,16,26-27H,2H2,1H3,(H,19,29)(H,24,28)(H,21,22,23)/t9-,10+,11-,16+/m1/s1. The predicted octanol–water partition coefficient (Wildman–Crippen LogP) is 0.0534. The number of carbonyl (C=O) groups is 2. The van der Waals surface area contributed by atoms with Gasteiger partial charge >= 0.3 is 0 Å². The van der Waals surface area contributed by atoms with Gasteiger partial charge in [-0.2, -0.15) is 21.3 Å². The molecule has 0 radical (unpaired) electrons. The third-order valence-electron chi connectivity index (χ3n) is 4.59. The van der Waals surface area contributed by atoms with Crippen LogP contribution in [0.3, 0.4) is 0 Å². The number of carbonyl (C=O) groups excluding carboxylic acids is 2. The number of fused-ring (bicyclic) bond motifs is 1. The van der Waals surface area contributed by atoms with Crippen LogP contribution in [0, 0.1) is 0 Å². The second kappa shape index (κ2) is 8.72. The number of nitrogens with zero attached hydrogens (tertiary/aromatic N) is 4. The van der Waals surface area contributed by atoms with Crippen LogP contribution in [-0.4, -0.2) is 66.4 Å². The number of likely N-dealkylation sites (N-methyl/N-ethyl adjacent to an activating group) is 1. The van der Waals surface area contributed by atoms with Crippen LogP contribution in [0.5, 0.6) is 0 Å². The predicted molar refractivity (Wildman–Crippen MR) is 110 cm³/mol. The smallest absolute Gasteiger partial charge is 0.270 e. The zero-order valence-corrected chi connectivity index (χ0v) is 17.6. The average Bonchev–Trinajstić information content (AvgIpc) is 3.47. The molecular formula is C17H18ClN7O5S. The highest BCUT2D eigenvalue weighted by atomic mass is 35.5. The van der Waals surface area contributed by atoms with E-state index in [0.717, 1.165) is 0 Å². The molecule has 4 atom stereocenters. The number of aliphatic hydroxyl groups is 2. The molecular weight excluding hydrogens is 450 g/mol. The Hall–Kier alpha value is -2.84. The lowest BCUT2D eigenvalue weighted by molar-refractivity contribution is -0.137. The number of halogens is 1. The molecule has 164 valence electrons. The molecule has 4 heterocycles. The number of rotatable bonds is 6. The van der Waals surface area contributed by atoms with Crippen LogP contribution in [-0.2, 0) is 9.53 Å². The molecule has 0 unspecified atom stereocenters. The van der Waals surface area contributed by atoms with Gasteiger partial charge in [-0.15, -0.1) is 0 Å². The molecule has 1 fully saturated rings. The van der Waals surface area contributed by atoms with Crippen LogP contribution in [0.1, 0.15) is 23.5 Å². The molecule has 0 saturated carbocycles. The van der Waals surface area contributed by atoms with Crippen molar-refractivity contribution in [2.45, 2.75) is 31.5 Å². The Morgan fingerprint density at radius 3 is 2.84 bits per heavy atom. The van der Waals surface area contributed by atoms with E-state index in [1.54, 1.807) is 23.8 Å². The minimum Gasteiger partial charge on any atom is -0.387 e. The first kappa shape index (κ1) is 21.4. The lowest BCUT2D eigenvalue weighted by Gasteiger charge is -2.16. The van der Waals surface area contributed by atoms with Crippen LogP contribution in [0.15, 0.2) is 23.2 Å². The summed E-state index contributed by atoms with van der Waals surface area (Å²) in [6.07, 6.45) is -3.98. The van der Waals surface area contributed by atoms with E-state index in [1.807, 2.05) is 0 Å². The van der Waals surface area contributed by atoms with E-state index in [-0.39, 0.29) is 28.2 Å². The monoisotopic (exact) mass is 467 g/mol. The SMILES string of the molecule is CCNC(=O)[C@@H]1O[C@H](n2cnc3c(NNC(=O)c4ccsc4)nc(Cl)nc32)[C@@H](O)[C@H]1O. The maximum absolute atomic E-state index is 12.2. The van der Waals surface area contributed by atoms with E-state index < -0.39 is 30.4 Å². The van der Waals surface area contributed by atoms with E-state index in [1.165, 1.54) is 22.2 Å². The number of aliphatic hydroxyl groups excluding tert-OH is 2. The van der Waals surface area contributed by atoms with Crippen molar-refractivity contribution < 1.29 is 24.5 Å². The van der Waals surface area contributed by atoms with Gasteiger partial charge in [-0.05, 0) is 30.0 Å². The number of hydrazine groups is 1. The number of thiophene rings is 1. The molecule has 14 heteroatoms. The van der Waals surface area contributed by atoms with Gasteiger partial charge in [0.15, 0.2) is 29.3 Å². The summed E-state index contributed by atoms with van der Waals surface area (Å²) in [5.41, 5.74) is 6.01. The van der Waals surface area contributed by atoms with Gasteiger partial charge in [-0.1, -0.05) is 0 Å². The van der Waals surface area contributed by atoms with E-state index in [4.69, 9.17) is 16.3 Å². The Kier molecular flexibility index (Phi) is 6.02. The van der Waals surface area contributed by atoms with Gasteiger partial charge in [0.2, 0.25) is 5.28 Å². The van der Waals surface area contributed by atoms with E-state index >= 15 is 0 Å². The van der Waals surface area contributed by atoms with Crippen molar-refractivity contribution in [1.82, 2.24) is 30.3 Å². The quantitative estimate of drug-likeness (QED) is 0.249. The summed E-state index contributed by atoms with van der Waals surface area (Å²) >= 11 is 7.41. The topological polar surface area (TPSA) is 164 Å². The molecule has 12 nitrogen and oxygen atoms in total. The molecule has 0 aromatic carbocycles. The highest BCUT2D eigenvalue weighted by Gasteiger charge is 2.47. The van der Waals surface area contributed by atoms with E-state index in [0.29, 0.717) is 12.1 Å².